The van der Waals surface area contributed by atoms with E-state index in [1.807, 2.05) is 0 Å². The van der Waals surface area contributed by atoms with Crippen LogP contribution in [0.1, 0.15) is 23.2 Å². The minimum absolute atomic E-state index is 0.0805. The number of nitrogens with zero attached hydrogens (tertiary/aromatic N) is 2. The fourth-order valence-corrected chi connectivity index (χ4v) is 1.56. The molecule has 0 saturated heterocycles. The van der Waals surface area contributed by atoms with Crippen LogP contribution in [0.2, 0.25) is 0 Å². The zero-order chi connectivity index (χ0) is 12.4. The van der Waals surface area contributed by atoms with E-state index >= 15 is 0 Å². The lowest BCUT2D eigenvalue weighted by Crippen LogP contribution is -2.23. The normalized spacial score (nSPS) is 14.3. The molecule has 5 heteroatoms. The Morgan fingerprint density at radius 3 is 2.71 bits per heavy atom. The molecule has 0 aliphatic heterocycles. The molecule has 1 N–H and O–H groups in total. The van der Waals surface area contributed by atoms with Crippen LogP contribution in [0.5, 0.6) is 5.75 Å². The van der Waals surface area contributed by atoms with Crippen LogP contribution in [0.25, 0.3) is 0 Å². The number of ether oxygens (including phenoxy) is 1. The van der Waals surface area contributed by atoms with E-state index in [0.717, 1.165) is 12.8 Å². The summed E-state index contributed by atoms with van der Waals surface area (Å²) in [7, 11) is 5.22. The lowest BCUT2D eigenvalue weighted by Gasteiger charge is -2.16. The van der Waals surface area contributed by atoms with Crippen molar-refractivity contribution in [3.8, 4) is 5.75 Å². The summed E-state index contributed by atoms with van der Waals surface area (Å²) in [5.41, 5.74) is 1.25. The Morgan fingerprint density at radius 2 is 2.18 bits per heavy atom. The van der Waals surface area contributed by atoms with Crippen LogP contribution in [-0.4, -0.2) is 43.0 Å². The maximum Gasteiger partial charge on any atom is 0.257 e. The minimum atomic E-state index is -0.0805. The van der Waals surface area contributed by atoms with Gasteiger partial charge in [-0.25, -0.2) is 0 Å². The number of carbonyl (C=O) groups excluding carboxylic acids is 1. The van der Waals surface area contributed by atoms with Crippen LogP contribution in [0, 0.1) is 0 Å². The van der Waals surface area contributed by atoms with E-state index in [1.165, 1.54) is 4.90 Å². The molecule has 1 heterocycles. The van der Waals surface area contributed by atoms with Crippen molar-refractivity contribution < 1.29 is 9.53 Å². The number of pyridine rings is 1. The zero-order valence-corrected chi connectivity index (χ0v) is 10.4. The summed E-state index contributed by atoms with van der Waals surface area (Å²) in [5.74, 6) is 0.575. The molecule has 1 aliphatic carbocycles. The van der Waals surface area contributed by atoms with E-state index in [9.17, 15) is 4.79 Å². The second kappa shape index (κ2) is 4.61. The number of amides is 1. The van der Waals surface area contributed by atoms with Gasteiger partial charge in [0.2, 0.25) is 0 Å². The molecule has 17 heavy (non-hydrogen) atoms. The number of rotatable bonds is 4. The van der Waals surface area contributed by atoms with Crippen molar-refractivity contribution in [2.24, 2.45) is 0 Å². The van der Waals surface area contributed by atoms with Gasteiger partial charge >= 0.3 is 0 Å². The number of anilines is 1. The number of hydrogen-bond acceptors (Lipinski definition) is 4. The Balaban J connectivity index is 2.33. The van der Waals surface area contributed by atoms with Gasteiger partial charge in [-0.05, 0) is 12.8 Å². The Hall–Kier alpha value is -1.78. The van der Waals surface area contributed by atoms with Crippen LogP contribution >= 0.6 is 0 Å². The molecule has 1 aromatic heterocycles. The first-order chi connectivity index (χ1) is 8.13. The Kier molecular flexibility index (Phi) is 3.17. The topological polar surface area (TPSA) is 54.5 Å². The van der Waals surface area contributed by atoms with E-state index in [4.69, 9.17) is 4.74 Å². The molecule has 1 fully saturated rings. The second-order valence-corrected chi connectivity index (χ2v) is 4.33. The second-order valence-electron chi connectivity index (χ2n) is 4.33. The predicted octanol–water partition coefficient (Wildman–Crippen LogP) is 1.37. The van der Waals surface area contributed by atoms with E-state index in [1.54, 1.807) is 33.5 Å². The van der Waals surface area contributed by atoms with Crippen molar-refractivity contribution >= 4 is 11.6 Å². The van der Waals surface area contributed by atoms with Gasteiger partial charge in [0.1, 0.15) is 0 Å². The predicted molar refractivity (Wildman–Crippen MR) is 65.5 cm³/mol. The highest BCUT2D eigenvalue weighted by Gasteiger charge is 2.26. The van der Waals surface area contributed by atoms with Gasteiger partial charge in [-0.1, -0.05) is 0 Å². The van der Waals surface area contributed by atoms with Crippen molar-refractivity contribution in [2.45, 2.75) is 18.9 Å². The lowest BCUT2D eigenvalue weighted by atomic mass is 10.2. The van der Waals surface area contributed by atoms with Crippen LogP contribution in [0.4, 0.5) is 5.69 Å². The summed E-state index contributed by atoms with van der Waals surface area (Å²) in [6, 6.07) is 0. The van der Waals surface area contributed by atoms with E-state index in [-0.39, 0.29) is 12.0 Å². The molecule has 0 atom stereocenters. The van der Waals surface area contributed by atoms with E-state index in [0.29, 0.717) is 17.0 Å². The average molecular weight is 235 g/mol. The monoisotopic (exact) mass is 235 g/mol. The van der Waals surface area contributed by atoms with Crippen LogP contribution < -0.4 is 10.1 Å². The molecule has 0 radical (unpaired) electrons. The smallest absolute Gasteiger partial charge is 0.257 e. The first-order valence-electron chi connectivity index (χ1n) is 5.67. The van der Waals surface area contributed by atoms with Gasteiger partial charge in [-0.15, -0.1) is 0 Å². The van der Waals surface area contributed by atoms with Gasteiger partial charge in [0.25, 0.3) is 5.91 Å². The highest BCUT2D eigenvalue weighted by molar-refractivity contribution is 6.00. The summed E-state index contributed by atoms with van der Waals surface area (Å²) in [4.78, 5) is 17.6. The Morgan fingerprint density at radius 1 is 1.47 bits per heavy atom. The van der Waals surface area contributed by atoms with Crippen LogP contribution in [0.15, 0.2) is 12.4 Å². The minimum Gasteiger partial charge on any atom is -0.487 e. The fourth-order valence-electron chi connectivity index (χ4n) is 1.56. The summed E-state index contributed by atoms with van der Waals surface area (Å²) < 4.78 is 5.72. The fraction of sp³-hybridized carbons (Fsp3) is 0.500. The maximum absolute atomic E-state index is 12.0. The SMILES string of the molecule is CNc1c(OC2CC2)cncc1C(=O)N(C)C. The third kappa shape index (κ3) is 2.49. The van der Waals surface area contributed by atoms with Gasteiger partial charge in [-0.2, -0.15) is 0 Å². The largest absolute Gasteiger partial charge is 0.487 e. The van der Waals surface area contributed by atoms with Crippen LogP contribution in [0.3, 0.4) is 0 Å². The molecule has 1 saturated carbocycles. The van der Waals surface area contributed by atoms with Gasteiger partial charge in [0, 0.05) is 27.3 Å². The summed E-state index contributed by atoms with van der Waals surface area (Å²) in [6.07, 6.45) is 5.66. The van der Waals surface area contributed by atoms with Gasteiger partial charge < -0.3 is 15.0 Å². The van der Waals surface area contributed by atoms with Crippen molar-refractivity contribution in [3.05, 3.63) is 18.0 Å². The molecule has 0 spiro atoms. The number of hydrogen-bond donors (Lipinski definition) is 1. The Bertz CT molecular complexity index is 428. The molecule has 0 unspecified atom stereocenters. The van der Waals surface area contributed by atoms with E-state index < -0.39 is 0 Å². The Labute approximate surface area is 101 Å². The van der Waals surface area contributed by atoms with Gasteiger partial charge in [0.15, 0.2) is 5.75 Å². The maximum atomic E-state index is 12.0. The highest BCUT2D eigenvalue weighted by Crippen LogP contribution is 2.33. The third-order valence-corrected chi connectivity index (χ3v) is 2.62. The quantitative estimate of drug-likeness (QED) is 0.856. The van der Waals surface area contributed by atoms with Gasteiger partial charge in [0.05, 0.1) is 23.6 Å². The average Bonchev–Trinajstić information content (AvgIpc) is 3.11. The van der Waals surface area contributed by atoms with Crippen molar-refractivity contribution in [2.75, 3.05) is 26.5 Å². The van der Waals surface area contributed by atoms with Crippen molar-refractivity contribution in [1.29, 1.82) is 0 Å². The summed E-state index contributed by atoms with van der Waals surface area (Å²) >= 11 is 0. The molecule has 5 nitrogen and oxygen atoms in total. The third-order valence-electron chi connectivity index (χ3n) is 2.62. The summed E-state index contributed by atoms with van der Waals surface area (Å²) in [6.45, 7) is 0. The molecule has 2 rings (SSSR count). The molecule has 1 aromatic rings. The molecular weight excluding hydrogens is 218 g/mol. The molecule has 1 amide bonds. The van der Waals surface area contributed by atoms with Crippen molar-refractivity contribution in [1.82, 2.24) is 9.88 Å². The number of nitrogens with one attached hydrogen (secondary N) is 1. The van der Waals surface area contributed by atoms with E-state index in [2.05, 4.69) is 10.3 Å². The molecule has 1 aliphatic rings. The summed E-state index contributed by atoms with van der Waals surface area (Å²) in [5, 5.41) is 3.02. The number of carbonyl (C=O) groups is 1. The zero-order valence-electron chi connectivity index (χ0n) is 10.4. The molecule has 92 valence electrons. The first kappa shape index (κ1) is 11.7. The van der Waals surface area contributed by atoms with Gasteiger partial charge in [-0.3, -0.25) is 9.78 Å². The van der Waals surface area contributed by atoms with Crippen molar-refractivity contribution in [3.63, 3.8) is 0 Å². The first-order valence-corrected chi connectivity index (χ1v) is 5.67. The standard InChI is InChI=1S/C12H17N3O2/c1-13-11-9(12(16)15(2)3)6-14-7-10(11)17-8-4-5-8/h6-8H,4-5H2,1-3H3,(H,13,14). The molecule has 0 bridgehead atoms. The molecular formula is C12H17N3O2. The molecule has 0 aromatic carbocycles. The van der Waals surface area contributed by atoms with Crippen LogP contribution in [-0.2, 0) is 0 Å². The lowest BCUT2D eigenvalue weighted by molar-refractivity contribution is 0.0827. The highest BCUT2D eigenvalue weighted by atomic mass is 16.5. The number of aromatic nitrogens is 1.